The van der Waals surface area contributed by atoms with Crippen LogP contribution in [0.5, 0.6) is 5.75 Å². The van der Waals surface area contributed by atoms with Crippen molar-refractivity contribution in [3.63, 3.8) is 0 Å². The number of carbonyl (C=O) groups is 1. The van der Waals surface area contributed by atoms with Gasteiger partial charge in [0.25, 0.3) is 5.91 Å². The van der Waals surface area contributed by atoms with Crippen molar-refractivity contribution in [2.45, 2.75) is 32.1 Å². The van der Waals surface area contributed by atoms with Gasteiger partial charge < -0.3 is 14.7 Å². The summed E-state index contributed by atoms with van der Waals surface area (Å²) in [5.74, 6) is -0.641. The highest BCUT2D eigenvalue weighted by Gasteiger charge is 2.28. The van der Waals surface area contributed by atoms with Gasteiger partial charge in [-0.05, 0) is 42.7 Å². The average molecular weight is 481 g/mol. The van der Waals surface area contributed by atoms with Crippen molar-refractivity contribution in [3.05, 3.63) is 76.5 Å². The third-order valence-electron chi connectivity index (χ3n) is 5.80. The summed E-state index contributed by atoms with van der Waals surface area (Å²) in [7, 11) is 1.61. The van der Waals surface area contributed by atoms with Crippen LogP contribution in [-0.2, 0) is 13.2 Å². The number of aliphatic hydroxyl groups is 1. The molecule has 1 amide bonds. The van der Waals surface area contributed by atoms with Crippen LogP contribution in [0.1, 0.15) is 34.5 Å². The van der Waals surface area contributed by atoms with Crippen LogP contribution in [0.2, 0.25) is 5.02 Å². The molecule has 0 bridgehead atoms. The first-order valence-corrected chi connectivity index (χ1v) is 11.2. The number of halogens is 2. The number of rotatable bonds is 7. The van der Waals surface area contributed by atoms with Crippen molar-refractivity contribution in [3.8, 4) is 16.9 Å². The lowest BCUT2D eigenvalue weighted by Gasteiger charge is -2.20. The molecular weight excluding hydrogens is 459 g/mol. The van der Waals surface area contributed by atoms with Gasteiger partial charge >= 0.3 is 0 Å². The van der Waals surface area contributed by atoms with Crippen LogP contribution in [0, 0.1) is 5.82 Å². The van der Waals surface area contributed by atoms with Crippen LogP contribution in [0.25, 0.3) is 22.0 Å². The first-order valence-electron chi connectivity index (χ1n) is 10.9. The Morgan fingerprint density at radius 1 is 1.29 bits per heavy atom. The Kier molecular flexibility index (Phi) is 5.93. The molecule has 0 unspecified atom stereocenters. The van der Waals surface area contributed by atoms with Crippen LogP contribution in [0.4, 0.5) is 4.39 Å². The molecule has 1 fully saturated rings. The van der Waals surface area contributed by atoms with Gasteiger partial charge in [-0.25, -0.2) is 4.39 Å². The van der Waals surface area contributed by atoms with Crippen molar-refractivity contribution < 1.29 is 19.0 Å². The summed E-state index contributed by atoms with van der Waals surface area (Å²) in [5.41, 5.74) is 2.81. The molecule has 0 saturated heterocycles. The Morgan fingerprint density at radius 3 is 2.85 bits per heavy atom. The van der Waals surface area contributed by atoms with E-state index in [1.54, 1.807) is 49.8 Å². The van der Waals surface area contributed by atoms with Crippen LogP contribution in [0.15, 0.2) is 48.8 Å². The quantitative estimate of drug-likeness (QED) is 0.399. The number of nitrogens with one attached hydrogen (secondary N) is 1. The Morgan fingerprint density at radius 2 is 2.12 bits per heavy atom. The van der Waals surface area contributed by atoms with Crippen molar-refractivity contribution in [2.75, 3.05) is 7.05 Å². The predicted molar refractivity (Wildman–Crippen MR) is 126 cm³/mol. The lowest BCUT2D eigenvalue weighted by molar-refractivity contribution is 0.0783. The molecule has 34 heavy (non-hydrogen) atoms. The maximum atomic E-state index is 15.4. The molecule has 9 heteroatoms. The minimum absolute atomic E-state index is 0.0107. The molecule has 1 aliphatic carbocycles. The van der Waals surface area contributed by atoms with Gasteiger partial charge in [-0.2, -0.15) is 5.10 Å². The number of amides is 1. The number of fused-ring (bicyclic) bond motifs is 1. The Balaban J connectivity index is 1.49. The summed E-state index contributed by atoms with van der Waals surface area (Å²) in [4.78, 5) is 19.0. The fourth-order valence-electron chi connectivity index (χ4n) is 3.93. The molecule has 174 valence electrons. The van der Waals surface area contributed by atoms with Crippen LogP contribution in [0.3, 0.4) is 0 Å². The minimum atomic E-state index is -0.564. The van der Waals surface area contributed by atoms with Gasteiger partial charge in [-0.15, -0.1) is 0 Å². The third-order valence-corrected chi connectivity index (χ3v) is 6.04. The van der Waals surface area contributed by atoms with E-state index in [-0.39, 0.29) is 30.4 Å². The highest BCUT2D eigenvalue weighted by atomic mass is 35.5. The van der Waals surface area contributed by atoms with Crippen LogP contribution < -0.4 is 4.74 Å². The van der Waals surface area contributed by atoms with E-state index in [1.165, 1.54) is 11.0 Å². The fourth-order valence-corrected chi connectivity index (χ4v) is 4.12. The van der Waals surface area contributed by atoms with E-state index in [0.29, 0.717) is 33.1 Å². The van der Waals surface area contributed by atoms with Crippen molar-refractivity contribution in [1.82, 2.24) is 20.1 Å². The molecule has 1 saturated carbocycles. The zero-order valence-corrected chi connectivity index (χ0v) is 19.1. The zero-order chi connectivity index (χ0) is 23.8. The Hall–Kier alpha value is -3.49. The number of aromatic amines is 1. The third kappa shape index (κ3) is 4.34. The Labute approximate surface area is 200 Å². The average Bonchev–Trinajstić information content (AvgIpc) is 3.50. The van der Waals surface area contributed by atoms with E-state index in [4.69, 9.17) is 16.3 Å². The number of benzene rings is 2. The summed E-state index contributed by atoms with van der Waals surface area (Å²) < 4.78 is 21.4. The second-order valence-electron chi connectivity index (χ2n) is 8.36. The minimum Gasteiger partial charge on any atom is -0.490 e. The first kappa shape index (κ1) is 22.3. The van der Waals surface area contributed by atoms with E-state index in [1.807, 2.05) is 0 Å². The number of H-pyrrole nitrogens is 1. The van der Waals surface area contributed by atoms with Gasteiger partial charge in [0.2, 0.25) is 0 Å². The summed E-state index contributed by atoms with van der Waals surface area (Å²) in [5, 5.41) is 17.9. The molecule has 2 heterocycles. The number of nitrogens with zero attached hydrogens (tertiary/aromatic N) is 3. The van der Waals surface area contributed by atoms with Crippen molar-refractivity contribution in [2.24, 2.45) is 0 Å². The first-order chi connectivity index (χ1) is 16.4. The summed E-state index contributed by atoms with van der Waals surface area (Å²) in [6, 6.07) is 9.68. The Bertz CT molecular complexity index is 1390. The molecule has 4 aromatic rings. The number of aliphatic hydroxyl groups excluding tert-OH is 1. The van der Waals surface area contributed by atoms with Gasteiger partial charge in [0.1, 0.15) is 11.6 Å². The van der Waals surface area contributed by atoms with Crippen molar-refractivity contribution in [1.29, 1.82) is 0 Å². The molecule has 2 aromatic heterocycles. The van der Waals surface area contributed by atoms with Crippen LogP contribution >= 0.6 is 11.6 Å². The molecule has 1 aliphatic rings. The monoisotopic (exact) mass is 480 g/mol. The molecule has 0 spiro atoms. The van der Waals surface area contributed by atoms with Gasteiger partial charge in [0, 0.05) is 41.3 Å². The fraction of sp³-hybridized carbons (Fsp3) is 0.240. The standard InChI is InChI=1S/C25H22ClFN4O3/c1-31(12-19-21(13-32)28-10-16-11-29-30-24(16)19)25(33)15-8-20(27)23(14-3-2-4-17(26)7-14)22(9-15)34-18-5-6-18/h2-4,7-11,18,32H,5-6,12-13H2,1H3,(H,29,30). The van der Waals surface area contributed by atoms with E-state index in [9.17, 15) is 9.90 Å². The van der Waals surface area contributed by atoms with E-state index in [2.05, 4.69) is 15.2 Å². The van der Waals surface area contributed by atoms with E-state index < -0.39 is 11.7 Å². The number of pyridine rings is 1. The highest BCUT2D eigenvalue weighted by Crippen LogP contribution is 2.38. The maximum Gasteiger partial charge on any atom is 0.254 e. The zero-order valence-electron chi connectivity index (χ0n) is 18.4. The van der Waals surface area contributed by atoms with Gasteiger partial charge in [-0.1, -0.05) is 23.7 Å². The number of hydrogen-bond donors (Lipinski definition) is 2. The maximum absolute atomic E-state index is 15.4. The molecule has 0 atom stereocenters. The largest absolute Gasteiger partial charge is 0.490 e. The number of ether oxygens (including phenoxy) is 1. The molecule has 0 aliphatic heterocycles. The number of aromatic nitrogens is 3. The van der Waals surface area contributed by atoms with Gasteiger partial charge in [-0.3, -0.25) is 14.9 Å². The van der Waals surface area contributed by atoms with Crippen molar-refractivity contribution >= 4 is 28.4 Å². The summed E-state index contributed by atoms with van der Waals surface area (Å²) in [6.45, 7) is -0.133. The molecular formula is C25H22ClFN4O3. The molecule has 2 aromatic carbocycles. The number of carbonyl (C=O) groups excluding carboxylic acids is 1. The molecule has 2 N–H and O–H groups in total. The second kappa shape index (κ2) is 9.04. The van der Waals surface area contributed by atoms with E-state index >= 15 is 4.39 Å². The van der Waals surface area contributed by atoms with Gasteiger partial charge in [0.15, 0.2) is 0 Å². The SMILES string of the molecule is CN(Cc1c(CO)ncc2cn[nH]c12)C(=O)c1cc(F)c(-c2cccc(Cl)c2)c(OC2CC2)c1. The summed E-state index contributed by atoms with van der Waals surface area (Å²) >= 11 is 6.12. The number of hydrogen-bond acceptors (Lipinski definition) is 5. The highest BCUT2D eigenvalue weighted by molar-refractivity contribution is 6.30. The van der Waals surface area contributed by atoms with Gasteiger partial charge in [0.05, 0.1) is 35.7 Å². The summed E-state index contributed by atoms with van der Waals surface area (Å²) in [6.07, 6.45) is 5.03. The topological polar surface area (TPSA) is 91.3 Å². The van der Waals surface area contributed by atoms with Crippen LogP contribution in [-0.4, -0.2) is 44.2 Å². The molecule has 5 rings (SSSR count). The molecule has 7 nitrogen and oxygen atoms in total. The lowest BCUT2D eigenvalue weighted by Crippen LogP contribution is -2.27. The molecule has 0 radical (unpaired) electrons. The van der Waals surface area contributed by atoms with E-state index in [0.717, 1.165) is 18.2 Å². The normalized spacial score (nSPS) is 13.3. The lowest BCUT2D eigenvalue weighted by atomic mass is 10.0. The smallest absolute Gasteiger partial charge is 0.254 e. The predicted octanol–water partition coefficient (Wildman–Crippen LogP) is 4.72. The second-order valence-corrected chi connectivity index (χ2v) is 8.80.